The van der Waals surface area contributed by atoms with Crippen molar-refractivity contribution in [1.82, 2.24) is 5.32 Å². The number of benzene rings is 1. The maximum Gasteiger partial charge on any atom is 0.350 e. The number of nitriles is 1. The van der Waals surface area contributed by atoms with Gasteiger partial charge < -0.3 is 20.1 Å². The highest BCUT2D eigenvalue weighted by Crippen LogP contribution is 2.10. The largest absolute Gasteiger partial charge is 0.462 e. The summed E-state index contributed by atoms with van der Waals surface area (Å²) in [5, 5.41) is 14.5. The Kier molecular flexibility index (Phi) is 8.64. The molecule has 0 aliphatic carbocycles. The predicted molar refractivity (Wildman–Crippen MR) is 89.2 cm³/mol. The zero-order valence-corrected chi connectivity index (χ0v) is 13.8. The number of ether oxygens (including phenoxy) is 2. The SMILES string of the molecule is CCOC(=O)/C(C#N)=C/Nc1ccc(C(=O)NCCCOC)cc1. The zero-order chi connectivity index (χ0) is 17.8. The van der Waals surface area contributed by atoms with E-state index in [1.165, 1.54) is 6.20 Å². The van der Waals surface area contributed by atoms with Crippen molar-refractivity contribution in [3.8, 4) is 6.07 Å². The van der Waals surface area contributed by atoms with Gasteiger partial charge in [0.05, 0.1) is 6.61 Å². The van der Waals surface area contributed by atoms with Crippen LogP contribution in [0.15, 0.2) is 36.0 Å². The summed E-state index contributed by atoms with van der Waals surface area (Å²) >= 11 is 0. The highest BCUT2D eigenvalue weighted by Gasteiger charge is 2.09. The third-order valence-electron chi connectivity index (χ3n) is 2.96. The van der Waals surface area contributed by atoms with E-state index in [2.05, 4.69) is 10.6 Å². The molecule has 128 valence electrons. The van der Waals surface area contributed by atoms with E-state index in [1.807, 2.05) is 0 Å². The van der Waals surface area contributed by atoms with Gasteiger partial charge in [-0.15, -0.1) is 0 Å². The van der Waals surface area contributed by atoms with Gasteiger partial charge in [0.2, 0.25) is 0 Å². The van der Waals surface area contributed by atoms with E-state index in [0.29, 0.717) is 24.4 Å². The number of esters is 1. The van der Waals surface area contributed by atoms with Crippen molar-refractivity contribution in [2.24, 2.45) is 0 Å². The summed E-state index contributed by atoms with van der Waals surface area (Å²) in [5.74, 6) is -0.850. The number of nitrogens with zero attached hydrogens (tertiary/aromatic N) is 1. The van der Waals surface area contributed by atoms with E-state index < -0.39 is 5.97 Å². The van der Waals surface area contributed by atoms with Crippen LogP contribution in [0.2, 0.25) is 0 Å². The number of carbonyl (C=O) groups excluding carboxylic acids is 2. The van der Waals surface area contributed by atoms with Crippen molar-refractivity contribution < 1.29 is 19.1 Å². The van der Waals surface area contributed by atoms with Gasteiger partial charge in [0.1, 0.15) is 6.07 Å². The van der Waals surface area contributed by atoms with Crippen LogP contribution in [0.4, 0.5) is 5.69 Å². The van der Waals surface area contributed by atoms with Gasteiger partial charge in [-0.3, -0.25) is 4.79 Å². The number of rotatable bonds is 9. The van der Waals surface area contributed by atoms with Crippen LogP contribution in [-0.2, 0) is 14.3 Å². The van der Waals surface area contributed by atoms with Gasteiger partial charge in [-0.25, -0.2) is 4.79 Å². The lowest BCUT2D eigenvalue weighted by Gasteiger charge is -2.06. The Labute approximate surface area is 141 Å². The van der Waals surface area contributed by atoms with E-state index in [4.69, 9.17) is 14.7 Å². The van der Waals surface area contributed by atoms with Gasteiger partial charge in [-0.2, -0.15) is 5.26 Å². The number of methoxy groups -OCH3 is 1. The molecule has 0 heterocycles. The average molecular weight is 331 g/mol. The first-order valence-electron chi connectivity index (χ1n) is 7.53. The molecule has 7 heteroatoms. The number of carbonyl (C=O) groups is 2. The van der Waals surface area contributed by atoms with Crippen LogP contribution in [0.25, 0.3) is 0 Å². The minimum absolute atomic E-state index is 0.128. The summed E-state index contributed by atoms with van der Waals surface area (Å²) in [6.07, 6.45) is 2.02. The topological polar surface area (TPSA) is 100 Å². The minimum atomic E-state index is -0.681. The summed E-state index contributed by atoms with van der Waals surface area (Å²) in [4.78, 5) is 23.4. The molecule has 0 aromatic heterocycles. The lowest BCUT2D eigenvalue weighted by atomic mass is 10.2. The van der Waals surface area contributed by atoms with Crippen molar-refractivity contribution in [2.75, 3.05) is 32.2 Å². The van der Waals surface area contributed by atoms with Crippen molar-refractivity contribution in [1.29, 1.82) is 5.26 Å². The van der Waals surface area contributed by atoms with Crippen molar-refractivity contribution in [3.63, 3.8) is 0 Å². The number of nitrogens with one attached hydrogen (secondary N) is 2. The van der Waals surface area contributed by atoms with Crippen molar-refractivity contribution in [2.45, 2.75) is 13.3 Å². The molecule has 0 aliphatic rings. The zero-order valence-electron chi connectivity index (χ0n) is 13.8. The van der Waals surface area contributed by atoms with Gasteiger partial charge in [0, 0.05) is 37.7 Å². The van der Waals surface area contributed by atoms with E-state index in [1.54, 1.807) is 44.4 Å². The fourth-order valence-corrected chi connectivity index (χ4v) is 1.74. The van der Waals surface area contributed by atoms with Gasteiger partial charge in [-0.05, 0) is 37.6 Å². The Morgan fingerprint density at radius 3 is 2.58 bits per heavy atom. The second-order valence-corrected chi connectivity index (χ2v) is 4.71. The molecule has 1 aromatic rings. The van der Waals surface area contributed by atoms with Crippen LogP contribution in [0.1, 0.15) is 23.7 Å². The molecular weight excluding hydrogens is 310 g/mol. The van der Waals surface area contributed by atoms with E-state index in [0.717, 1.165) is 6.42 Å². The Bertz CT molecular complexity index is 618. The van der Waals surface area contributed by atoms with Crippen LogP contribution < -0.4 is 10.6 Å². The second kappa shape index (κ2) is 10.8. The molecule has 7 nitrogen and oxygen atoms in total. The number of anilines is 1. The molecule has 1 aromatic carbocycles. The predicted octanol–water partition coefficient (Wildman–Crippen LogP) is 1.84. The Morgan fingerprint density at radius 1 is 1.29 bits per heavy atom. The molecular formula is C17H21N3O4. The highest BCUT2D eigenvalue weighted by molar-refractivity contribution is 5.95. The van der Waals surface area contributed by atoms with Crippen molar-refractivity contribution in [3.05, 3.63) is 41.6 Å². The summed E-state index contributed by atoms with van der Waals surface area (Å²) in [5.41, 5.74) is 1.03. The molecule has 0 saturated heterocycles. The molecule has 2 N–H and O–H groups in total. The number of amides is 1. The van der Waals surface area contributed by atoms with Crippen LogP contribution in [0.3, 0.4) is 0 Å². The number of hydrogen-bond acceptors (Lipinski definition) is 6. The third-order valence-corrected chi connectivity index (χ3v) is 2.96. The maximum atomic E-state index is 11.9. The second-order valence-electron chi connectivity index (χ2n) is 4.71. The quantitative estimate of drug-likeness (QED) is 0.310. The average Bonchev–Trinajstić information content (AvgIpc) is 2.60. The fourth-order valence-electron chi connectivity index (χ4n) is 1.74. The molecule has 24 heavy (non-hydrogen) atoms. The standard InChI is InChI=1S/C17H21N3O4/c1-3-24-17(22)14(11-18)12-20-15-7-5-13(6-8-15)16(21)19-9-4-10-23-2/h5-8,12,20H,3-4,9-10H2,1-2H3,(H,19,21)/b14-12+. The van der Waals surface area contributed by atoms with Crippen LogP contribution >= 0.6 is 0 Å². The highest BCUT2D eigenvalue weighted by atomic mass is 16.5. The van der Waals surface area contributed by atoms with Crippen LogP contribution in [0.5, 0.6) is 0 Å². The molecule has 0 radical (unpaired) electrons. The molecule has 0 aliphatic heterocycles. The van der Waals surface area contributed by atoms with Crippen molar-refractivity contribution >= 4 is 17.6 Å². The monoisotopic (exact) mass is 331 g/mol. The van der Waals surface area contributed by atoms with E-state index in [9.17, 15) is 9.59 Å². The van der Waals surface area contributed by atoms with Gasteiger partial charge in [0.25, 0.3) is 5.91 Å². The normalized spacial score (nSPS) is 10.6. The first-order valence-corrected chi connectivity index (χ1v) is 7.53. The molecule has 0 fully saturated rings. The Morgan fingerprint density at radius 2 is 2.00 bits per heavy atom. The molecule has 0 atom stereocenters. The molecule has 0 unspecified atom stereocenters. The summed E-state index contributed by atoms with van der Waals surface area (Å²) in [7, 11) is 1.61. The smallest absolute Gasteiger partial charge is 0.350 e. The summed E-state index contributed by atoms with van der Waals surface area (Å²) in [6, 6.07) is 8.43. The van der Waals surface area contributed by atoms with E-state index >= 15 is 0 Å². The lowest BCUT2D eigenvalue weighted by molar-refractivity contribution is -0.138. The Hall–Kier alpha value is -2.85. The Balaban J connectivity index is 2.59. The number of hydrogen-bond donors (Lipinski definition) is 2. The summed E-state index contributed by atoms with van der Waals surface area (Å²) < 4.78 is 9.67. The van der Waals surface area contributed by atoms with Gasteiger partial charge in [-0.1, -0.05) is 0 Å². The maximum absolute atomic E-state index is 11.9. The van der Waals surface area contributed by atoms with Gasteiger partial charge in [0.15, 0.2) is 5.57 Å². The van der Waals surface area contributed by atoms with E-state index in [-0.39, 0.29) is 18.1 Å². The molecule has 0 bridgehead atoms. The lowest BCUT2D eigenvalue weighted by Crippen LogP contribution is -2.25. The first-order chi connectivity index (χ1) is 11.6. The fraction of sp³-hybridized carbons (Fsp3) is 0.353. The molecule has 0 saturated carbocycles. The van der Waals surface area contributed by atoms with Gasteiger partial charge >= 0.3 is 5.97 Å². The molecule has 1 amide bonds. The van der Waals surface area contributed by atoms with Crippen LogP contribution in [-0.4, -0.2) is 38.7 Å². The summed E-state index contributed by atoms with van der Waals surface area (Å²) in [6.45, 7) is 3.00. The van der Waals surface area contributed by atoms with Crippen LogP contribution in [0, 0.1) is 11.3 Å². The molecule has 1 rings (SSSR count). The third kappa shape index (κ3) is 6.50. The minimum Gasteiger partial charge on any atom is -0.462 e. The first kappa shape index (κ1) is 19.2. The molecule has 0 spiro atoms.